The van der Waals surface area contributed by atoms with Gasteiger partial charge in [-0.05, 0) is 30.3 Å². The van der Waals surface area contributed by atoms with E-state index in [4.69, 9.17) is 18.8 Å². The van der Waals surface area contributed by atoms with E-state index in [1.165, 1.54) is 24.3 Å². The Morgan fingerprint density at radius 2 is 2.07 bits per heavy atom. The van der Waals surface area contributed by atoms with E-state index in [1.54, 1.807) is 0 Å². The summed E-state index contributed by atoms with van der Waals surface area (Å²) in [4.78, 5) is 11.2. The van der Waals surface area contributed by atoms with Gasteiger partial charge in [0.05, 0.1) is 5.92 Å². The van der Waals surface area contributed by atoms with Gasteiger partial charge in [-0.15, -0.1) is 0 Å². The number of benzene rings is 1. The second-order valence-corrected chi connectivity index (χ2v) is 3.17. The highest BCUT2D eigenvalue weighted by molar-refractivity contribution is 5.75. The average Bonchev–Trinajstić information content (AvgIpc) is 2.36. The molecule has 2 nitrogen and oxygen atoms in total. The molecule has 0 aliphatic carbocycles. The molecule has 0 aliphatic rings. The second-order valence-electron chi connectivity index (χ2n) is 3.17. The minimum Gasteiger partial charge on any atom is -0.481 e. The lowest BCUT2D eigenvalue weighted by Gasteiger charge is -2.09. The summed E-state index contributed by atoms with van der Waals surface area (Å²) in [6.07, 6.45) is -0.619. The van der Waals surface area contributed by atoms with E-state index in [9.17, 15) is 4.79 Å². The van der Waals surface area contributed by atoms with Crippen LogP contribution in [0.4, 0.5) is 0 Å². The van der Waals surface area contributed by atoms with Gasteiger partial charge in [-0.2, -0.15) is 0 Å². The number of hydrogen-bond acceptors (Lipinski definition) is 1. The molecule has 82 valence electrons. The molecule has 0 spiro atoms. The zero-order valence-corrected chi connectivity index (χ0v) is 7.95. The highest BCUT2D eigenvalue weighted by Crippen LogP contribution is 2.17. The second kappa shape index (κ2) is 4.96. The first-order valence-corrected chi connectivity index (χ1v) is 4.32. The van der Waals surface area contributed by atoms with Crippen LogP contribution in [0.5, 0.6) is 0 Å². The van der Waals surface area contributed by atoms with Crippen LogP contribution in [-0.4, -0.2) is 11.1 Å². The van der Waals surface area contributed by atoms with Gasteiger partial charge in [-0.25, -0.2) is 0 Å². The fraction of sp³-hybridized carbons (Fsp3) is 0.462. The molecule has 1 atom stereocenters. The molecule has 0 heterocycles. The van der Waals surface area contributed by atoms with E-state index in [1.807, 2.05) is 0 Å². The molecule has 1 aromatic carbocycles. The molecule has 1 rings (SSSR count). The predicted octanol–water partition coefficient (Wildman–Crippen LogP) is 3.07. The fourth-order valence-electron chi connectivity index (χ4n) is 1.17. The number of aliphatic carboxylic acids is 1. The van der Waals surface area contributed by atoms with Gasteiger partial charge in [0.15, 0.2) is 0 Å². The van der Waals surface area contributed by atoms with Crippen LogP contribution in [0.2, 0.25) is 0 Å². The van der Waals surface area contributed by atoms with Crippen molar-refractivity contribution >= 4 is 5.97 Å². The lowest BCUT2D eigenvalue weighted by atomic mass is 9.97. The minimum absolute atomic E-state index is 0.0189. The standard InChI is InChI=1S/C13H18O2/c1-9(2)8-11-4-6-12(7-5-11)10(3)13(14)15/h4-7,9-10H,8H2,1-3H3,(H,14,15)/i1D3,2D3,3D3,9D. The summed E-state index contributed by atoms with van der Waals surface area (Å²) >= 11 is 0. The van der Waals surface area contributed by atoms with Crippen LogP contribution in [0, 0.1) is 5.89 Å². The van der Waals surface area contributed by atoms with E-state index in [0.717, 1.165) is 0 Å². The molecule has 2 heteroatoms. The maximum atomic E-state index is 11.2. The third kappa shape index (κ3) is 3.39. The zero-order chi connectivity index (χ0) is 19.8. The third-order valence-electron chi connectivity index (χ3n) is 1.94. The summed E-state index contributed by atoms with van der Waals surface area (Å²) in [5.41, 5.74) is 0.162. The molecule has 0 radical (unpaired) electrons. The van der Waals surface area contributed by atoms with E-state index in [0.29, 0.717) is 0 Å². The minimum atomic E-state index is -3.07. The van der Waals surface area contributed by atoms with Gasteiger partial charge in [0, 0.05) is 13.7 Å². The molecule has 0 saturated heterocycles. The van der Waals surface area contributed by atoms with Crippen LogP contribution in [-0.2, 0) is 11.2 Å². The van der Waals surface area contributed by atoms with Gasteiger partial charge in [0.25, 0.3) is 0 Å². The van der Waals surface area contributed by atoms with E-state index in [-0.39, 0.29) is 11.1 Å². The molecule has 0 saturated carbocycles. The monoisotopic (exact) mass is 216 g/mol. The normalized spacial score (nSPS) is 25.9. The van der Waals surface area contributed by atoms with Crippen LogP contribution < -0.4 is 0 Å². The molecule has 0 aliphatic heterocycles. The summed E-state index contributed by atoms with van der Waals surface area (Å²) in [6, 6.07) is 4.88. The van der Waals surface area contributed by atoms with Gasteiger partial charge >= 0.3 is 5.97 Å². The van der Waals surface area contributed by atoms with Crippen molar-refractivity contribution in [1.29, 1.82) is 0 Å². The quantitative estimate of drug-likeness (QED) is 0.839. The van der Waals surface area contributed by atoms with E-state index < -0.39 is 44.8 Å². The molecule has 0 bridgehead atoms. The smallest absolute Gasteiger partial charge is 0.310 e. The fourth-order valence-corrected chi connectivity index (χ4v) is 1.17. The van der Waals surface area contributed by atoms with Gasteiger partial charge < -0.3 is 5.11 Å². The summed E-state index contributed by atoms with van der Waals surface area (Å²) in [6.45, 7) is -8.91. The highest BCUT2D eigenvalue weighted by Gasteiger charge is 2.12. The topological polar surface area (TPSA) is 37.3 Å². The van der Waals surface area contributed by atoms with Gasteiger partial charge in [0.2, 0.25) is 0 Å². The van der Waals surface area contributed by atoms with Gasteiger partial charge in [-0.1, -0.05) is 38.0 Å². The zero-order valence-electron chi connectivity index (χ0n) is 17.9. The van der Waals surface area contributed by atoms with Crippen molar-refractivity contribution in [2.24, 2.45) is 5.89 Å². The lowest BCUT2D eigenvalue weighted by Crippen LogP contribution is -2.07. The van der Waals surface area contributed by atoms with Crippen LogP contribution in [0.25, 0.3) is 0 Å². The molecule has 0 amide bonds. The van der Waals surface area contributed by atoms with Crippen molar-refractivity contribution in [2.75, 3.05) is 0 Å². The Morgan fingerprint density at radius 1 is 1.40 bits per heavy atom. The maximum absolute atomic E-state index is 11.2. The molecule has 15 heavy (non-hydrogen) atoms. The van der Waals surface area contributed by atoms with Gasteiger partial charge in [0.1, 0.15) is 0 Å². The Bertz CT molecular complexity index is 598. The first kappa shape index (κ1) is 3.93. The number of carboxylic acid groups (broad SMARTS) is 1. The summed E-state index contributed by atoms with van der Waals surface area (Å²) < 4.78 is 74.1. The lowest BCUT2D eigenvalue weighted by molar-refractivity contribution is -0.138. The molecule has 1 N–H and O–H groups in total. The summed E-state index contributed by atoms with van der Waals surface area (Å²) in [5, 5.41) is 9.09. The third-order valence-corrected chi connectivity index (χ3v) is 1.94. The predicted molar refractivity (Wildman–Crippen MR) is 61.0 cm³/mol. The van der Waals surface area contributed by atoms with Crippen LogP contribution in [0.15, 0.2) is 24.3 Å². The van der Waals surface area contributed by atoms with Crippen molar-refractivity contribution < 1.29 is 23.6 Å². The molecule has 1 unspecified atom stereocenters. The van der Waals surface area contributed by atoms with Crippen molar-refractivity contribution in [3.05, 3.63) is 35.4 Å². The molecular formula is C13H18O2. The Morgan fingerprint density at radius 3 is 2.53 bits per heavy atom. The Balaban J connectivity index is 3.21. The van der Waals surface area contributed by atoms with Crippen molar-refractivity contribution in [2.45, 2.75) is 32.9 Å². The first-order chi connectivity index (χ1) is 11.0. The van der Waals surface area contributed by atoms with E-state index >= 15 is 0 Å². The maximum Gasteiger partial charge on any atom is 0.310 e. The number of carboxylic acids is 1. The SMILES string of the molecule is [2H]C([2H])([2H])C(C(=O)O)c1ccc(CC([2H])(C([2H])([2H])[2H])C([2H])([2H])[2H])cc1. The van der Waals surface area contributed by atoms with E-state index in [2.05, 4.69) is 0 Å². The summed E-state index contributed by atoms with van der Waals surface area (Å²) in [5.74, 6) is -6.03. The first-order valence-electron chi connectivity index (χ1n) is 9.32. The van der Waals surface area contributed by atoms with Crippen molar-refractivity contribution in [3.8, 4) is 0 Å². The highest BCUT2D eigenvalue weighted by atomic mass is 16.4. The van der Waals surface area contributed by atoms with Crippen molar-refractivity contribution in [1.82, 2.24) is 0 Å². The number of carbonyl (C=O) groups is 1. The Labute approximate surface area is 105 Å². The largest absolute Gasteiger partial charge is 0.481 e. The Kier molecular flexibility index (Phi) is 1.30. The van der Waals surface area contributed by atoms with Crippen LogP contribution in [0.1, 0.15) is 51.3 Å². The van der Waals surface area contributed by atoms with Crippen LogP contribution >= 0.6 is 0 Å². The number of rotatable bonds is 4. The van der Waals surface area contributed by atoms with Crippen molar-refractivity contribution in [3.63, 3.8) is 0 Å². The Hall–Kier alpha value is -1.31. The molecule has 1 aromatic rings. The number of hydrogen-bond donors (Lipinski definition) is 1. The molecule has 0 fully saturated rings. The van der Waals surface area contributed by atoms with Crippen LogP contribution in [0.3, 0.4) is 0 Å². The average molecular weight is 216 g/mol. The molecule has 0 aromatic heterocycles. The van der Waals surface area contributed by atoms with Gasteiger partial charge in [-0.3, -0.25) is 4.79 Å². The molecular weight excluding hydrogens is 188 g/mol. The summed E-state index contributed by atoms with van der Waals surface area (Å²) in [7, 11) is 0.